The van der Waals surface area contributed by atoms with Gasteiger partial charge in [-0.25, -0.2) is 9.07 Å². The SMILES string of the molecule is CCN(C(=O)CNC(=O)c1cccc(C(F)(F)F)c1)c1c(Cc2ccc(F)cc2)c(C)nn1-c1ccccc1. The maximum absolute atomic E-state index is 13.5. The largest absolute Gasteiger partial charge is 0.416 e. The molecule has 4 aromatic rings. The number of halogens is 4. The first-order valence-corrected chi connectivity index (χ1v) is 12.2. The molecule has 0 saturated carbocycles. The summed E-state index contributed by atoms with van der Waals surface area (Å²) in [6.07, 6.45) is -4.23. The van der Waals surface area contributed by atoms with E-state index in [1.165, 1.54) is 23.1 Å². The number of benzene rings is 3. The monoisotopic (exact) mass is 538 g/mol. The van der Waals surface area contributed by atoms with Crippen LogP contribution < -0.4 is 10.2 Å². The van der Waals surface area contributed by atoms with E-state index >= 15 is 0 Å². The van der Waals surface area contributed by atoms with Gasteiger partial charge in [0.1, 0.15) is 11.6 Å². The molecular weight excluding hydrogens is 512 g/mol. The molecule has 6 nitrogen and oxygen atoms in total. The highest BCUT2D eigenvalue weighted by Crippen LogP contribution is 2.31. The van der Waals surface area contributed by atoms with Gasteiger partial charge in [0.25, 0.3) is 5.91 Å². The number of alkyl halides is 3. The molecule has 0 aliphatic carbocycles. The van der Waals surface area contributed by atoms with Crippen LogP contribution >= 0.6 is 0 Å². The minimum absolute atomic E-state index is 0.206. The lowest BCUT2D eigenvalue weighted by Gasteiger charge is -2.24. The van der Waals surface area contributed by atoms with Crippen molar-refractivity contribution in [2.24, 2.45) is 0 Å². The van der Waals surface area contributed by atoms with Crippen LogP contribution in [-0.4, -0.2) is 34.7 Å². The Morgan fingerprint density at radius 3 is 2.31 bits per heavy atom. The van der Waals surface area contributed by atoms with Crippen molar-refractivity contribution >= 4 is 17.6 Å². The van der Waals surface area contributed by atoms with Crippen LogP contribution in [0.15, 0.2) is 78.9 Å². The number of hydrogen-bond donors (Lipinski definition) is 1. The fourth-order valence-electron chi connectivity index (χ4n) is 4.22. The van der Waals surface area contributed by atoms with E-state index in [0.29, 0.717) is 23.6 Å². The minimum atomic E-state index is -4.60. The molecule has 0 unspecified atom stereocenters. The maximum Gasteiger partial charge on any atom is 0.416 e. The molecular formula is C29H26F4N4O2. The molecule has 1 heterocycles. The predicted molar refractivity (Wildman–Crippen MR) is 139 cm³/mol. The van der Waals surface area contributed by atoms with Gasteiger partial charge in [0.15, 0.2) is 0 Å². The molecule has 3 aromatic carbocycles. The highest BCUT2D eigenvalue weighted by atomic mass is 19.4. The minimum Gasteiger partial charge on any atom is -0.343 e. The number of amides is 2. The van der Waals surface area contributed by atoms with Crippen LogP contribution in [0.4, 0.5) is 23.4 Å². The Kier molecular flexibility index (Phi) is 8.13. The second kappa shape index (κ2) is 11.5. The summed E-state index contributed by atoms with van der Waals surface area (Å²) in [4.78, 5) is 27.5. The van der Waals surface area contributed by atoms with E-state index in [1.54, 1.807) is 23.7 Å². The van der Waals surface area contributed by atoms with E-state index in [0.717, 1.165) is 29.3 Å². The van der Waals surface area contributed by atoms with Gasteiger partial charge in [0.05, 0.1) is 23.5 Å². The summed E-state index contributed by atoms with van der Waals surface area (Å²) in [7, 11) is 0. The Hall–Kier alpha value is -4.47. The number of carbonyl (C=O) groups excluding carboxylic acids is 2. The zero-order valence-corrected chi connectivity index (χ0v) is 21.3. The topological polar surface area (TPSA) is 67.2 Å². The third kappa shape index (κ3) is 6.34. The lowest BCUT2D eigenvalue weighted by atomic mass is 10.0. The van der Waals surface area contributed by atoms with Crippen LogP contribution in [0, 0.1) is 12.7 Å². The van der Waals surface area contributed by atoms with Crippen LogP contribution in [0.25, 0.3) is 5.69 Å². The van der Waals surface area contributed by atoms with Crippen LogP contribution in [0.1, 0.15) is 39.7 Å². The number of anilines is 1. The number of para-hydroxylation sites is 1. The molecule has 2 amide bonds. The van der Waals surface area contributed by atoms with Crippen molar-refractivity contribution in [1.82, 2.24) is 15.1 Å². The van der Waals surface area contributed by atoms with Gasteiger partial charge in [0.2, 0.25) is 5.91 Å². The van der Waals surface area contributed by atoms with Crippen molar-refractivity contribution in [2.75, 3.05) is 18.0 Å². The highest BCUT2D eigenvalue weighted by molar-refractivity contribution is 6.00. The van der Waals surface area contributed by atoms with Crippen molar-refractivity contribution in [3.63, 3.8) is 0 Å². The summed E-state index contributed by atoms with van der Waals surface area (Å²) >= 11 is 0. The molecule has 4 rings (SSSR count). The molecule has 10 heteroatoms. The second-order valence-electron chi connectivity index (χ2n) is 8.84. The Morgan fingerprint density at radius 2 is 1.67 bits per heavy atom. The average molecular weight is 539 g/mol. The van der Waals surface area contributed by atoms with E-state index in [-0.39, 0.29) is 17.9 Å². The van der Waals surface area contributed by atoms with E-state index in [2.05, 4.69) is 10.4 Å². The molecule has 202 valence electrons. The molecule has 0 aliphatic rings. The normalized spacial score (nSPS) is 11.3. The summed E-state index contributed by atoms with van der Waals surface area (Å²) in [6, 6.07) is 19.2. The number of rotatable bonds is 8. The van der Waals surface area contributed by atoms with E-state index in [1.807, 2.05) is 37.3 Å². The smallest absolute Gasteiger partial charge is 0.343 e. The zero-order chi connectivity index (χ0) is 28.2. The van der Waals surface area contributed by atoms with Crippen LogP contribution in [-0.2, 0) is 17.4 Å². The van der Waals surface area contributed by atoms with Crippen molar-refractivity contribution in [1.29, 1.82) is 0 Å². The van der Waals surface area contributed by atoms with Crippen LogP contribution in [0.3, 0.4) is 0 Å². The number of hydrogen-bond acceptors (Lipinski definition) is 3. The second-order valence-corrected chi connectivity index (χ2v) is 8.84. The quantitative estimate of drug-likeness (QED) is 0.292. The van der Waals surface area contributed by atoms with Gasteiger partial charge in [-0.3, -0.25) is 14.5 Å². The summed E-state index contributed by atoms with van der Waals surface area (Å²) < 4.78 is 54.3. The molecule has 0 radical (unpaired) electrons. The number of aromatic nitrogens is 2. The van der Waals surface area contributed by atoms with E-state index < -0.39 is 30.1 Å². The number of carbonyl (C=O) groups is 2. The molecule has 0 bridgehead atoms. The Bertz CT molecular complexity index is 1470. The first-order valence-electron chi connectivity index (χ1n) is 12.2. The third-order valence-corrected chi connectivity index (χ3v) is 6.18. The van der Waals surface area contributed by atoms with E-state index in [9.17, 15) is 27.2 Å². The average Bonchev–Trinajstić information content (AvgIpc) is 3.24. The number of aryl methyl sites for hydroxylation is 1. The fraction of sp³-hybridized carbons (Fsp3) is 0.207. The summed E-state index contributed by atoms with van der Waals surface area (Å²) in [5.41, 5.74) is 1.77. The highest BCUT2D eigenvalue weighted by Gasteiger charge is 2.31. The van der Waals surface area contributed by atoms with Gasteiger partial charge in [-0.05, 0) is 61.9 Å². The molecule has 39 heavy (non-hydrogen) atoms. The maximum atomic E-state index is 13.5. The number of nitrogens with one attached hydrogen (secondary N) is 1. The Balaban J connectivity index is 1.64. The Morgan fingerprint density at radius 1 is 0.974 bits per heavy atom. The number of nitrogens with zero attached hydrogens (tertiary/aromatic N) is 3. The van der Waals surface area contributed by atoms with Crippen LogP contribution in [0.5, 0.6) is 0 Å². The molecule has 0 atom stereocenters. The lowest BCUT2D eigenvalue weighted by Crippen LogP contribution is -2.41. The van der Waals surface area contributed by atoms with Crippen molar-refractivity contribution in [3.05, 3.63) is 113 Å². The molecule has 0 spiro atoms. The Labute approximate surface area is 222 Å². The van der Waals surface area contributed by atoms with E-state index in [4.69, 9.17) is 0 Å². The van der Waals surface area contributed by atoms with Gasteiger partial charge in [-0.1, -0.05) is 36.4 Å². The van der Waals surface area contributed by atoms with Gasteiger partial charge < -0.3 is 5.32 Å². The summed E-state index contributed by atoms with van der Waals surface area (Å²) in [5.74, 6) is -1.15. The molecule has 0 saturated heterocycles. The third-order valence-electron chi connectivity index (χ3n) is 6.18. The first kappa shape index (κ1) is 27.6. The molecule has 0 fully saturated rings. The summed E-state index contributed by atoms with van der Waals surface area (Å²) in [5, 5.41) is 7.11. The van der Waals surface area contributed by atoms with Crippen molar-refractivity contribution in [2.45, 2.75) is 26.4 Å². The van der Waals surface area contributed by atoms with Gasteiger partial charge in [0, 0.05) is 24.1 Å². The standard InChI is InChI=1S/C29H26F4N4O2/c1-3-36(26(38)18-34-27(39)21-8-7-9-22(17-21)29(31,32)33)28-25(16-20-12-14-23(30)15-13-20)19(2)35-37(28)24-10-5-4-6-11-24/h4-15,17H,3,16,18H2,1-2H3,(H,34,39). The van der Waals surface area contributed by atoms with Crippen molar-refractivity contribution in [3.8, 4) is 5.69 Å². The fourth-order valence-corrected chi connectivity index (χ4v) is 4.22. The van der Waals surface area contributed by atoms with Gasteiger partial charge in [-0.15, -0.1) is 0 Å². The predicted octanol–water partition coefficient (Wildman–Crippen LogP) is 5.71. The molecule has 0 aliphatic heterocycles. The van der Waals surface area contributed by atoms with Crippen molar-refractivity contribution < 1.29 is 27.2 Å². The molecule has 1 N–H and O–H groups in total. The molecule has 1 aromatic heterocycles. The van der Waals surface area contributed by atoms with Crippen LogP contribution in [0.2, 0.25) is 0 Å². The number of likely N-dealkylation sites (N-methyl/N-ethyl adjacent to an activating group) is 1. The lowest BCUT2D eigenvalue weighted by molar-refractivity contribution is -0.137. The zero-order valence-electron chi connectivity index (χ0n) is 21.3. The van der Waals surface area contributed by atoms with Gasteiger partial charge >= 0.3 is 6.18 Å². The summed E-state index contributed by atoms with van der Waals surface area (Å²) in [6.45, 7) is 3.37. The first-order chi connectivity index (χ1) is 18.6. The van der Waals surface area contributed by atoms with Gasteiger partial charge in [-0.2, -0.15) is 18.3 Å².